The molecule has 5 heteroatoms. The fourth-order valence-corrected chi connectivity index (χ4v) is 1.71. The van der Waals surface area contributed by atoms with Crippen LogP contribution in [0, 0.1) is 6.92 Å². The Balaban J connectivity index is 2.18. The van der Waals surface area contributed by atoms with Crippen molar-refractivity contribution in [3.8, 4) is 0 Å². The molecule has 2 rings (SSSR count). The van der Waals surface area contributed by atoms with E-state index in [0.29, 0.717) is 0 Å². The van der Waals surface area contributed by atoms with Crippen LogP contribution in [0.1, 0.15) is 24.4 Å². The van der Waals surface area contributed by atoms with Gasteiger partial charge < -0.3 is 10.1 Å². The van der Waals surface area contributed by atoms with Gasteiger partial charge >= 0.3 is 0 Å². The van der Waals surface area contributed by atoms with Crippen molar-refractivity contribution < 1.29 is 4.74 Å². The van der Waals surface area contributed by atoms with Crippen molar-refractivity contribution in [2.24, 2.45) is 0 Å². The maximum absolute atomic E-state index is 5.62. The standard InChI is InChI=1S/C9H16N4O/c1-3-13-7(2)9(11-12-13)8-6-10-4-5-14-8/h8,10H,3-6H2,1-2H3. The summed E-state index contributed by atoms with van der Waals surface area (Å²) in [6.45, 7) is 7.48. The van der Waals surface area contributed by atoms with Gasteiger partial charge in [-0.25, -0.2) is 4.68 Å². The van der Waals surface area contributed by atoms with Gasteiger partial charge in [0.2, 0.25) is 0 Å². The van der Waals surface area contributed by atoms with Crippen LogP contribution >= 0.6 is 0 Å². The minimum Gasteiger partial charge on any atom is -0.369 e. The molecule has 5 nitrogen and oxygen atoms in total. The zero-order valence-electron chi connectivity index (χ0n) is 8.66. The Bertz CT molecular complexity index is 304. The molecular weight excluding hydrogens is 180 g/mol. The molecule has 2 heterocycles. The summed E-state index contributed by atoms with van der Waals surface area (Å²) in [5.41, 5.74) is 2.08. The SMILES string of the molecule is CCn1nnc(C2CNCCO2)c1C. The van der Waals surface area contributed by atoms with E-state index in [1.54, 1.807) is 0 Å². The van der Waals surface area contributed by atoms with Gasteiger partial charge in [0.15, 0.2) is 0 Å². The molecule has 1 aromatic rings. The number of rotatable bonds is 2. The van der Waals surface area contributed by atoms with E-state index < -0.39 is 0 Å². The largest absolute Gasteiger partial charge is 0.369 e. The Morgan fingerprint density at radius 3 is 3.07 bits per heavy atom. The van der Waals surface area contributed by atoms with Gasteiger partial charge in [-0.1, -0.05) is 5.21 Å². The zero-order valence-corrected chi connectivity index (χ0v) is 8.66. The fraction of sp³-hybridized carbons (Fsp3) is 0.778. The van der Waals surface area contributed by atoms with E-state index >= 15 is 0 Å². The first-order chi connectivity index (χ1) is 6.83. The molecule has 0 spiro atoms. The van der Waals surface area contributed by atoms with E-state index in [1.165, 1.54) is 0 Å². The molecule has 0 aromatic carbocycles. The van der Waals surface area contributed by atoms with E-state index in [2.05, 4.69) is 22.6 Å². The predicted molar refractivity (Wildman–Crippen MR) is 52.0 cm³/mol. The smallest absolute Gasteiger partial charge is 0.116 e. The molecule has 78 valence electrons. The van der Waals surface area contributed by atoms with E-state index in [-0.39, 0.29) is 6.10 Å². The van der Waals surface area contributed by atoms with Crippen LogP contribution in [0.25, 0.3) is 0 Å². The van der Waals surface area contributed by atoms with Crippen LogP contribution in [0.15, 0.2) is 0 Å². The summed E-state index contributed by atoms with van der Waals surface area (Å²) in [6.07, 6.45) is 0.0732. The van der Waals surface area contributed by atoms with Crippen LogP contribution in [0.5, 0.6) is 0 Å². The Morgan fingerprint density at radius 2 is 2.50 bits per heavy atom. The topological polar surface area (TPSA) is 52.0 Å². The third kappa shape index (κ3) is 1.65. The maximum atomic E-state index is 5.62. The monoisotopic (exact) mass is 196 g/mol. The lowest BCUT2D eigenvalue weighted by Gasteiger charge is -2.22. The Kier molecular flexibility index (Phi) is 2.79. The lowest BCUT2D eigenvalue weighted by atomic mass is 10.2. The molecule has 1 aliphatic rings. The third-order valence-corrected chi connectivity index (χ3v) is 2.55. The highest BCUT2D eigenvalue weighted by Gasteiger charge is 2.21. The second-order valence-electron chi connectivity index (χ2n) is 3.44. The number of hydrogen-bond donors (Lipinski definition) is 1. The summed E-state index contributed by atoms with van der Waals surface area (Å²) in [6, 6.07) is 0. The van der Waals surface area contributed by atoms with Crippen LogP contribution in [-0.2, 0) is 11.3 Å². The number of aryl methyl sites for hydroxylation is 1. The average Bonchev–Trinajstić information content (AvgIpc) is 2.61. The van der Waals surface area contributed by atoms with Crippen molar-refractivity contribution in [1.29, 1.82) is 0 Å². The van der Waals surface area contributed by atoms with Crippen LogP contribution in [0.2, 0.25) is 0 Å². The molecule has 0 saturated carbocycles. The zero-order chi connectivity index (χ0) is 9.97. The van der Waals surface area contributed by atoms with Gasteiger partial charge in [0, 0.05) is 19.6 Å². The number of nitrogens with zero attached hydrogens (tertiary/aromatic N) is 3. The summed E-state index contributed by atoms with van der Waals surface area (Å²) in [5.74, 6) is 0. The summed E-state index contributed by atoms with van der Waals surface area (Å²) >= 11 is 0. The normalized spacial score (nSPS) is 22.6. The molecule has 1 fully saturated rings. The number of aromatic nitrogens is 3. The molecule has 1 aromatic heterocycles. The van der Waals surface area contributed by atoms with Gasteiger partial charge in [0.05, 0.1) is 12.3 Å². The molecule has 1 aliphatic heterocycles. The molecular formula is C9H16N4O. The van der Waals surface area contributed by atoms with Gasteiger partial charge in [-0.15, -0.1) is 5.10 Å². The van der Waals surface area contributed by atoms with E-state index in [4.69, 9.17) is 4.74 Å². The van der Waals surface area contributed by atoms with Crippen molar-refractivity contribution in [2.75, 3.05) is 19.7 Å². The number of hydrogen-bond acceptors (Lipinski definition) is 4. The fourth-order valence-electron chi connectivity index (χ4n) is 1.71. The summed E-state index contributed by atoms with van der Waals surface area (Å²) in [7, 11) is 0. The van der Waals surface area contributed by atoms with Gasteiger partial charge in [-0.3, -0.25) is 0 Å². The van der Waals surface area contributed by atoms with Crippen molar-refractivity contribution in [2.45, 2.75) is 26.5 Å². The molecule has 1 atom stereocenters. The van der Waals surface area contributed by atoms with Crippen molar-refractivity contribution in [3.05, 3.63) is 11.4 Å². The quantitative estimate of drug-likeness (QED) is 0.737. The first-order valence-corrected chi connectivity index (χ1v) is 5.05. The van der Waals surface area contributed by atoms with Crippen molar-refractivity contribution in [1.82, 2.24) is 20.3 Å². The summed E-state index contributed by atoms with van der Waals surface area (Å²) in [4.78, 5) is 0. The van der Waals surface area contributed by atoms with E-state index in [0.717, 1.165) is 37.6 Å². The van der Waals surface area contributed by atoms with Crippen molar-refractivity contribution >= 4 is 0 Å². The van der Waals surface area contributed by atoms with Crippen molar-refractivity contribution in [3.63, 3.8) is 0 Å². The Labute approximate surface area is 83.4 Å². The predicted octanol–water partition coefficient (Wildman–Crippen LogP) is 0.267. The lowest BCUT2D eigenvalue weighted by Crippen LogP contribution is -2.33. The molecule has 1 unspecified atom stereocenters. The Morgan fingerprint density at radius 1 is 1.64 bits per heavy atom. The maximum Gasteiger partial charge on any atom is 0.116 e. The second-order valence-corrected chi connectivity index (χ2v) is 3.44. The van der Waals surface area contributed by atoms with Gasteiger partial charge in [0.1, 0.15) is 11.8 Å². The highest BCUT2D eigenvalue weighted by molar-refractivity contribution is 5.12. The van der Waals surface area contributed by atoms with Gasteiger partial charge in [0.25, 0.3) is 0 Å². The highest BCUT2D eigenvalue weighted by atomic mass is 16.5. The molecule has 0 aliphatic carbocycles. The first-order valence-electron chi connectivity index (χ1n) is 5.05. The Hall–Kier alpha value is -0.940. The van der Waals surface area contributed by atoms with Gasteiger partial charge in [-0.2, -0.15) is 0 Å². The molecule has 1 N–H and O–H groups in total. The summed E-state index contributed by atoms with van der Waals surface area (Å²) in [5, 5.41) is 11.5. The molecule has 0 bridgehead atoms. The van der Waals surface area contributed by atoms with Crippen LogP contribution < -0.4 is 5.32 Å². The van der Waals surface area contributed by atoms with Crippen LogP contribution in [0.3, 0.4) is 0 Å². The number of ether oxygens (including phenoxy) is 1. The highest BCUT2D eigenvalue weighted by Crippen LogP contribution is 2.19. The second kappa shape index (κ2) is 4.06. The van der Waals surface area contributed by atoms with E-state index in [9.17, 15) is 0 Å². The third-order valence-electron chi connectivity index (χ3n) is 2.55. The number of nitrogens with one attached hydrogen (secondary N) is 1. The van der Waals surface area contributed by atoms with Crippen LogP contribution in [-0.4, -0.2) is 34.7 Å². The molecule has 14 heavy (non-hydrogen) atoms. The van der Waals surface area contributed by atoms with E-state index in [1.807, 2.05) is 11.6 Å². The number of morpholine rings is 1. The summed E-state index contributed by atoms with van der Waals surface area (Å²) < 4.78 is 7.52. The van der Waals surface area contributed by atoms with Gasteiger partial charge in [-0.05, 0) is 13.8 Å². The molecule has 0 radical (unpaired) electrons. The molecule has 1 saturated heterocycles. The molecule has 0 amide bonds. The lowest BCUT2D eigenvalue weighted by molar-refractivity contribution is 0.0245. The minimum absolute atomic E-state index is 0.0732. The van der Waals surface area contributed by atoms with Crippen LogP contribution in [0.4, 0.5) is 0 Å². The minimum atomic E-state index is 0.0732. The average molecular weight is 196 g/mol. The first kappa shape index (κ1) is 9.61.